The van der Waals surface area contributed by atoms with Gasteiger partial charge in [-0.25, -0.2) is 0 Å². The molecule has 2 rings (SSSR count). The molecule has 0 bridgehead atoms. The first-order valence-electron chi connectivity index (χ1n) is 5.44. The molecule has 2 aromatic rings. The molecule has 0 aromatic heterocycles. The first-order chi connectivity index (χ1) is 9.00. The van der Waals surface area contributed by atoms with E-state index in [1.54, 1.807) is 18.2 Å². The van der Waals surface area contributed by atoms with Gasteiger partial charge in [0.05, 0.1) is 22.9 Å². The standard InChI is InChI=1S/C14H9F3N2/c15-14(16,17)12-6-1-2-7-13(12)19-11-5-3-4-10(8-11)9-18/h1-8,19H. The summed E-state index contributed by atoms with van der Waals surface area (Å²) >= 11 is 0. The third-order valence-corrected chi connectivity index (χ3v) is 2.50. The van der Waals surface area contributed by atoms with Crippen molar-refractivity contribution >= 4 is 11.4 Å². The quantitative estimate of drug-likeness (QED) is 0.874. The average molecular weight is 262 g/mol. The number of nitrogens with zero attached hydrogens (tertiary/aromatic N) is 1. The van der Waals surface area contributed by atoms with Gasteiger partial charge in [0.2, 0.25) is 0 Å². The third-order valence-electron chi connectivity index (χ3n) is 2.50. The van der Waals surface area contributed by atoms with E-state index in [4.69, 9.17) is 5.26 Å². The Morgan fingerprint density at radius 1 is 1.00 bits per heavy atom. The van der Waals surface area contributed by atoms with Gasteiger partial charge in [-0.15, -0.1) is 0 Å². The van der Waals surface area contributed by atoms with Gasteiger partial charge >= 0.3 is 6.18 Å². The monoisotopic (exact) mass is 262 g/mol. The number of benzene rings is 2. The van der Waals surface area contributed by atoms with E-state index in [0.29, 0.717) is 11.3 Å². The molecule has 0 saturated carbocycles. The van der Waals surface area contributed by atoms with E-state index in [-0.39, 0.29) is 5.69 Å². The number of hydrogen-bond donors (Lipinski definition) is 1. The number of alkyl halides is 3. The van der Waals surface area contributed by atoms with Crippen molar-refractivity contribution in [3.8, 4) is 6.07 Å². The molecule has 2 nitrogen and oxygen atoms in total. The van der Waals surface area contributed by atoms with Gasteiger partial charge in [0.25, 0.3) is 0 Å². The van der Waals surface area contributed by atoms with E-state index >= 15 is 0 Å². The average Bonchev–Trinajstić information content (AvgIpc) is 2.38. The maximum Gasteiger partial charge on any atom is 0.418 e. The van der Waals surface area contributed by atoms with Crippen LogP contribution in [0.3, 0.4) is 0 Å². The Bertz CT molecular complexity index is 627. The van der Waals surface area contributed by atoms with Crippen molar-refractivity contribution in [2.75, 3.05) is 5.32 Å². The van der Waals surface area contributed by atoms with Gasteiger partial charge in [-0.3, -0.25) is 0 Å². The zero-order chi connectivity index (χ0) is 13.9. The topological polar surface area (TPSA) is 35.8 Å². The fourth-order valence-electron chi connectivity index (χ4n) is 1.66. The molecule has 0 aliphatic heterocycles. The zero-order valence-electron chi connectivity index (χ0n) is 9.70. The number of hydrogen-bond acceptors (Lipinski definition) is 2. The second-order valence-electron chi connectivity index (χ2n) is 3.86. The van der Waals surface area contributed by atoms with Crippen molar-refractivity contribution < 1.29 is 13.2 Å². The minimum absolute atomic E-state index is 0.0370. The van der Waals surface area contributed by atoms with Gasteiger partial charge in [0.15, 0.2) is 0 Å². The van der Waals surface area contributed by atoms with E-state index in [1.165, 1.54) is 24.3 Å². The molecule has 0 saturated heterocycles. The molecule has 0 amide bonds. The number of para-hydroxylation sites is 1. The highest BCUT2D eigenvalue weighted by atomic mass is 19.4. The number of nitriles is 1. The van der Waals surface area contributed by atoms with Crippen molar-refractivity contribution in [2.24, 2.45) is 0 Å². The fourth-order valence-corrected chi connectivity index (χ4v) is 1.66. The number of anilines is 2. The third kappa shape index (κ3) is 3.05. The maximum atomic E-state index is 12.8. The van der Waals surface area contributed by atoms with E-state index in [2.05, 4.69) is 5.32 Å². The molecule has 0 radical (unpaired) electrons. The van der Waals surface area contributed by atoms with E-state index in [9.17, 15) is 13.2 Å². The van der Waals surface area contributed by atoms with Crippen LogP contribution in [0.15, 0.2) is 48.5 Å². The van der Waals surface area contributed by atoms with Crippen LogP contribution in [0.5, 0.6) is 0 Å². The van der Waals surface area contributed by atoms with Crippen LogP contribution < -0.4 is 5.32 Å². The Morgan fingerprint density at radius 2 is 1.74 bits per heavy atom. The highest BCUT2D eigenvalue weighted by Crippen LogP contribution is 2.35. The van der Waals surface area contributed by atoms with Crippen molar-refractivity contribution in [2.45, 2.75) is 6.18 Å². The summed E-state index contributed by atoms with van der Waals surface area (Å²) in [7, 11) is 0. The first kappa shape index (κ1) is 13.0. The minimum Gasteiger partial charge on any atom is -0.355 e. The molecule has 5 heteroatoms. The summed E-state index contributed by atoms with van der Waals surface area (Å²) in [5, 5.41) is 11.4. The number of nitrogens with one attached hydrogen (secondary N) is 1. The lowest BCUT2D eigenvalue weighted by Crippen LogP contribution is -2.08. The summed E-state index contributed by atoms with van der Waals surface area (Å²) in [5.41, 5.74) is 0.0488. The lowest BCUT2D eigenvalue weighted by molar-refractivity contribution is -0.136. The lowest BCUT2D eigenvalue weighted by atomic mass is 10.1. The Balaban J connectivity index is 2.36. The molecule has 0 heterocycles. The van der Waals surface area contributed by atoms with Crippen molar-refractivity contribution in [3.05, 3.63) is 59.7 Å². The summed E-state index contributed by atoms with van der Waals surface area (Å²) in [6.45, 7) is 0. The van der Waals surface area contributed by atoms with Gasteiger partial charge in [0, 0.05) is 5.69 Å². The van der Waals surface area contributed by atoms with Crippen LogP contribution >= 0.6 is 0 Å². The van der Waals surface area contributed by atoms with Crippen LogP contribution in [0.4, 0.5) is 24.5 Å². The molecule has 0 unspecified atom stereocenters. The van der Waals surface area contributed by atoms with Crippen molar-refractivity contribution in [1.29, 1.82) is 5.26 Å². The summed E-state index contributed by atoms with van der Waals surface area (Å²) in [5.74, 6) is 0. The van der Waals surface area contributed by atoms with Gasteiger partial charge in [0.1, 0.15) is 0 Å². The van der Waals surface area contributed by atoms with Crippen LogP contribution in [0, 0.1) is 11.3 Å². The number of rotatable bonds is 2. The summed E-state index contributed by atoms with van der Waals surface area (Å²) < 4.78 is 38.4. The van der Waals surface area contributed by atoms with Crippen molar-refractivity contribution in [3.63, 3.8) is 0 Å². The Labute approximate surface area is 108 Å². The van der Waals surface area contributed by atoms with Gasteiger partial charge in [-0.1, -0.05) is 18.2 Å². The molecular weight excluding hydrogens is 253 g/mol. The minimum atomic E-state index is -4.42. The van der Waals surface area contributed by atoms with Crippen LogP contribution in [-0.2, 0) is 6.18 Å². The molecule has 0 atom stereocenters. The highest BCUT2D eigenvalue weighted by Gasteiger charge is 2.33. The zero-order valence-corrected chi connectivity index (χ0v) is 9.70. The molecule has 2 aromatic carbocycles. The van der Waals surface area contributed by atoms with Crippen LogP contribution in [0.2, 0.25) is 0 Å². The Kier molecular flexibility index (Phi) is 3.43. The second-order valence-corrected chi connectivity index (χ2v) is 3.86. The fraction of sp³-hybridized carbons (Fsp3) is 0.0714. The lowest BCUT2D eigenvalue weighted by Gasteiger charge is -2.14. The predicted octanol–water partition coefficient (Wildman–Crippen LogP) is 4.32. The highest BCUT2D eigenvalue weighted by molar-refractivity contribution is 5.65. The summed E-state index contributed by atoms with van der Waals surface area (Å²) in [6.07, 6.45) is -4.42. The maximum absolute atomic E-state index is 12.8. The molecule has 1 N–H and O–H groups in total. The first-order valence-corrected chi connectivity index (χ1v) is 5.44. The van der Waals surface area contributed by atoms with Gasteiger partial charge < -0.3 is 5.32 Å². The van der Waals surface area contributed by atoms with Crippen molar-refractivity contribution in [1.82, 2.24) is 0 Å². The predicted molar refractivity (Wildman–Crippen MR) is 65.9 cm³/mol. The van der Waals surface area contributed by atoms with Crippen LogP contribution in [-0.4, -0.2) is 0 Å². The Morgan fingerprint density at radius 3 is 2.42 bits per heavy atom. The normalized spacial score (nSPS) is 10.8. The smallest absolute Gasteiger partial charge is 0.355 e. The molecule has 0 aliphatic carbocycles. The van der Waals surface area contributed by atoms with E-state index in [1.807, 2.05) is 6.07 Å². The van der Waals surface area contributed by atoms with Crippen LogP contribution in [0.1, 0.15) is 11.1 Å². The SMILES string of the molecule is N#Cc1cccc(Nc2ccccc2C(F)(F)F)c1. The molecule has 19 heavy (non-hydrogen) atoms. The van der Waals surface area contributed by atoms with Gasteiger partial charge in [-0.05, 0) is 30.3 Å². The molecular formula is C14H9F3N2. The summed E-state index contributed by atoms with van der Waals surface area (Å²) in [6, 6.07) is 13.4. The summed E-state index contributed by atoms with van der Waals surface area (Å²) in [4.78, 5) is 0. The van der Waals surface area contributed by atoms with Gasteiger partial charge in [-0.2, -0.15) is 18.4 Å². The van der Waals surface area contributed by atoms with E-state index < -0.39 is 11.7 Å². The van der Waals surface area contributed by atoms with E-state index in [0.717, 1.165) is 6.07 Å². The second kappa shape index (κ2) is 5.02. The molecule has 0 fully saturated rings. The Hall–Kier alpha value is -2.48. The van der Waals surface area contributed by atoms with Crippen LogP contribution in [0.25, 0.3) is 0 Å². The molecule has 0 aliphatic rings. The largest absolute Gasteiger partial charge is 0.418 e. The number of halogens is 3. The molecule has 0 spiro atoms. The molecule has 96 valence electrons.